The van der Waals surface area contributed by atoms with Gasteiger partial charge in [0.15, 0.2) is 4.90 Å². The lowest BCUT2D eigenvalue weighted by atomic mass is 10.2. The van der Waals surface area contributed by atoms with Gasteiger partial charge in [-0.25, -0.2) is 4.98 Å². The van der Waals surface area contributed by atoms with Crippen LogP contribution in [0.25, 0.3) is 16.6 Å². The van der Waals surface area contributed by atoms with Crippen LogP contribution in [0.3, 0.4) is 0 Å². The molecule has 1 atom stereocenters. The van der Waals surface area contributed by atoms with Crippen molar-refractivity contribution in [2.45, 2.75) is 41.6 Å². The van der Waals surface area contributed by atoms with Crippen molar-refractivity contribution < 1.29 is 8.76 Å². The monoisotopic (exact) mass is 427 g/mol. The molecule has 29 heavy (non-hydrogen) atoms. The van der Waals surface area contributed by atoms with Crippen LogP contribution < -0.4 is 5.32 Å². The lowest BCUT2D eigenvalue weighted by Crippen LogP contribution is -2.17. The molecule has 4 aromatic rings. The lowest BCUT2D eigenvalue weighted by molar-refractivity contribution is 0.475. The quantitative estimate of drug-likeness (QED) is 0.487. The molecule has 0 spiro atoms. The van der Waals surface area contributed by atoms with Crippen LogP contribution in [0.4, 0.5) is 5.82 Å². The molecule has 0 saturated heterocycles. The smallest absolute Gasteiger partial charge is 0.317 e. The SMILES string of the molecule is O=[S+]([O-])(c1ccc(Cl)cc1)c1nnn2c1nc(NC1CCCC1)c1ccccc12. The number of halogens is 1. The van der Waals surface area contributed by atoms with E-state index in [0.29, 0.717) is 16.9 Å². The van der Waals surface area contributed by atoms with Crippen LogP contribution in [0.5, 0.6) is 0 Å². The second-order valence-corrected chi connectivity index (χ2v) is 9.49. The molecule has 1 N–H and O–H groups in total. The number of rotatable bonds is 4. The van der Waals surface area contributed by atoms with E-state index in [2.05, 4.69) is 20.6 Å². The van der Waals surface area contributed by atoms with Crippen LogP contribution in [0.15, 0.2) is 58.5 Å². The number of sulfone groups is 1. The van der Waals surface area contributed by atoms with Crippen molar-refractivity contribution >= 4 is 44.2 Å². The summed E-state index contributed by atoms with van der Waals surface area (Å²) in [6.07, 6.45) is 4.52. The fraction of sp³-hybridized carbons (Fsp3) is 0.250. The summed E-state index contributed by atoms with van der Waals surface area (Å²) in [4.78, 5) is 4.76. The molecule has 2 heterocycles. The minimum atomic E-state index is -3.90. The number of aromatic nitrogens is 4. The first kappa shape index (κ1) is 18.5. The Bertz CT molecular complexity index is 1250. The fourth-order valence-electron chi connectivity index (χ4n) is 3.82. The van der Waals surface area contributed by atoms with Gasteiger partial charge in [-0.3, -0.25) is 0 Å². The zero-order valence-corrected chi connectivity index (χ0v) is 17.0. The Hall–Kier alpha value is -2.55. The van der Waals surface area contributed by atoms with Gasteiger partial charge in [0.05, 0.1) is 5.52 Å². The van der Waals surface area contributed by atoms with Gasteiger partial charge in [0.25, 0.3) is 0 Å². The molecule has 0 amide bonds. The highest BCUT2D eigenvalue weighted by molar-refractivity contribution is 7.97. The van der Waals surface area contributed by atoms with Crippen LogP contribution in [0.2, 0.25) is 5.02 Å². The molecule has 1 fully saturated rings. The zero-order valence-electron chi connectivity index (χ0n) is 15.4. The summed E-state index contributed by atoms with van der Waals surface area (Å²) >= 11 is 5.90. The highest BCUT2D eigenvalue weighted by Crippen LogP contribution is 2.32. The molecule has 2 aromatic carbocycles. The first-order valence-corrected chi connectivity index (χ1v) is 11.3. The van der Waals surface area contributed by atoms with Gasteiger partial charge in [0.1, 0.15) is 16.0 Å². The van der Waals surface area contributed by atoms with Crippen molar-refractivity contribution in [3.05, 3.63) is 53.6 Å². The van der Waals surface area contributed by atoms with Crippen molar-refractivity contribution in [1.82, 2.24) is 19.8 Å². The van der Waals surface area contributed by atoms with E-state index in [1.54, 1.807) is 0 Å². The van der Waals surface area contributed by atoms with Crippen molar-refractivity contribution in [1.29, 1.82) is 0 Å². The second-order valence-electron chi connectivity index (χ2n) is 7.19. The largest absolute Gasteiger partial charge is 0.604 e. The molecule has 1 unspecified atom stereocenters. The molecule has 2 aromatic heterocycles. The van der Waals surface area contributed by atoms with Crippen LogP contribution in [-0.4, -0.2) is 30.4 Å². The summed E-state index contributed by atoms with van der Waals surface area (Å²) in [5.41, 5.74) is 0.960. The number of nitrogens with one attached hydrogen (secondary N) is 1. The molecule has 7 nitrogen and oxygen atoms in total. The fourth-order valence-corrected chi connectivity index (χ4v) is 5.18. The van der Waals surface area contributed by atoms with E-state index in [4.69, 9.17) is 11.6 Å². The van der Waals surface area contributed by atoms with E-state index >= 15 is 0 Å². The number of hydrogen-bond donors (Lipinski definition) is 1. The Kier molecular flexibility index (Phi) is 4.49. The molecular formula is C20H18ClN5O2S. The maximum atomic E-state index is 13.2. The third-order valence-corrected chi connectivity index (χ3v) is 7.21. The average molecular weight is 428 g/mol. The number of para-hydroxylation sites is 1. The van der Waals surface area contributed by atoms with Gasteiger partial charge in [0.2, 0.25) is 5.65 Å². The number of hydrogen-bond acceptors (Lipinski definition) is 6. The number of anilines is 1. The number of fused-ring (bicyclic) bond motifs is 3. The molecule has 9 heteroatoms. The molecule has 0 radical (unpaired) electrons. The van der Waals surface area contributed by atoms with Crippen LogP contribution in [0, 0.1) is 0 Å². The maximum absolute atomic E-state index is 13.2. The standard InChI is InChI=1S/C20H18ClN5O2S/c21-13-9-11-15(12-10-13)29(27,28)20-19-23-18(22-14-5-1-2-6-14)16-7-3-4-8-17(16)26(19)25-24-20/h3-4,7-12,14H,1-2,5-6H2,(H-,22,23,27,28). The van der Waals surface area contributed by atoms with E-state index in [1.165, 1.54) is 41.6 Å². The Morgan fingerprint density at radius 1 is 1.10 bits per heavy atom. The molecular weight excluding hydrogens is 410 g/mol. The first-order valence-electron chi connectivity index (χ1n) is 9.45. The predicted molar refractivity (Wildman–Crippen MR) is 111 cm³/mol. The van der Waals surface area contributed by atoms with Gasteiger partial charge in [-0.1, -0.05) is 51.1 Å². The van der Waals surface area contributed by atoms with Crippen LogP contribution >= 0.6 is 11.6 Å². The summed E-state index contributed by atoms with van der Waals surface area (Å²) < 4.78 is 27.9. The van der Waals surface area contributed by atoms with Crippen molar-refractivity contribution in [2.24, 2.45) is 0 Å². The van der Waals surface area contributed by atoms with Gasteiger partial charge < -0.3 is 9.87 Å². The zero-order chi connectivity index (χ0) is 20.0. The average Bonchev–Trinajstić information content (AvgIpc) is 3.38. The minimum Gasteiger partial charge on any atom is -0.604 e. The van der Waals surface area contributed by atoms with Crippen molar-refractivity contribution in [3.8, 4) is 0 Å². The van der Waals surface area contributed by atoms with Gasteiger partial charge >= 0.3 is 5.03 Å². The van der Waals surface area contributed by atoms with Crippen LogP contribution in [-0.2, 0) is 14.4 Å². The third-order valence-electron chi connectivity index (χ3n) is 5.30. The Balaban J connectivity index is 1.70. The summed E-state index contributed by atoms with van der Waals surface area (Å²) in [5.74, 6) is 0.662. The van der Waals surface area contributed by atoms with Crippen LogP contribution in [0.1, 0.15) is 25.7 Å². The Morgan fingerprint density at radius 3 is 2.59 bits per heavy atom. The highest BCUT2D eigenvalue weighted by Gasteiger charge is 2.32. The molecule has 5 rings (SSSR count). The Morgan fingerprint density at radius 2 is 1.83 bits per heavy atom. The summed E-state index contributed by atoms with van der Waals surface area (Å²) in [6.45, 7) is 0. The van der Waals surface area contributed by atoms with E-state index in [9.17, 15) is 8.76 Å². The van der Waals surface area contributed by atoms with E-state index in [-0.39, 0.29) is 15.6 Å². The van der Waals surface area contributed by atoms with Gasteiger partial charge in [-0.05, 0) is 49.2 Å². The van der Waals surface area contributed by atoms with Gasteiger partial charge in [-0.15, -0.1) is 0 Å². The maximum Gasteiger partial charge on any atom is 0.317 e. The highest BCUT2D eigenvalue weighted by atomic mass is 35.5. The van der Waals surface area contributed by atoms with Crippen molar-refractivity contribution in [2.75, 3.05) is 5.32 Å². The summed E-state index contributed by atoms with van der Waals surface area (Å²) in [7, 11) is -3.90. The third kappa shape index (κ3) is 3.17. The number of benzene rings is 2. The Labute approximate surface area is 173 Å². The molecule has 1 aliphatic rings. The van der Waals surface area contributed by atoms with Crippen molar-refractivity contribution in [3.63, 3.8) is 0 Å². The second kappa shape index (κ2) is 7.05. The van der Waals surface area contributed by atoms with E-state index in [1.807, 2.05) is 24.3 Å². The lowest BCUT2D eigenvalue weighted by Gasteiger charge is -2.16. The molecule has 1 aliphatic carbocycles. The molecule has 0 aliphatic heterocycles. The van der Waals surface area contributed by atoms with Gasteiger partial charge in [-0.2, -0.15) is 4.52 Å². The minimum absolute atomic E-state index is 0.101. The normalized spacial score (nSPS) is 17.0. The van der Waals surface area contributed by atoms with E-state index < -0.39 is 10.2 Å². The molecule has 148 valence electrons. The molecule has 1 saturated carbocycles. The number of nitrogens with zero attached hydrogens (tertiary/aromatic N) is 4. The first-order chi connectivity index (χ1) is 14.0. The summed E-state index contributed by atoms with van der Waals surface area (Å²) in [5, 5.41) is 12.8. The topological polar surface area (TPSA) is 95.2 Å². The summed E-state index contributed by atoms with van der Waals surface area (Å²) in [6, 6.07) is 14.0. The molecule has 0 bridgehead atoms. The van der Waals surface area contributed by atoms with E-state index in [0.717, 1.165) is 23.7 Å². The van der Waals surface area contributed by atoms with Gasteiger partial charge in [0, 0.05) is 16.5 Å². The predicted octanol–water partition coefficient (Wildman–Crippen LogP) is 4.33.